The summed E-state index contributed by atoms with van der Waals surface area (Å²) in [4.78, 5) is 20.2. The second-order valence-corrected chi connectivity index (χ2v) is 9.80. The molecule has 1 amide bonds. The number of amidine groups is 1. The summed E-state index contributed by atoms with van der Waals surface area (Å²) in [5.41, 5.74) is 3.92. The van der Waals surface area contributed by atoms with E-state index in [4.69, 9.17) is 26.1 Å². The molecule has 186 valence electrons. The molecule has 0 saturated carbocycles. The summed E-state index contributed by atoms with van der Waals surface area (Å²) in [6.07, 6.45) is 2.72. The quantitative estimate of drug-likeness (QED) is 0.272. The first kappa shape index (κ1) is 25.9. The van der Waals surface area contributed by atoms with Crippen LogP contribution in [0.25, 0.3) is 6.08 Å². The maximum atomic E-state index is 13.2. The Hall–Kier alpha value is -3.22. The molecule has 0 aromatic heterocycles. The van der Waals surface area contributed by atoms with Crippen LogP contribution in [0.5, 0.6) is 11.5 Å². The standard InChI is InChI=1S/C29H29ClN2O3S/c1-4-16-32-28(33)27(36-29(32)31-24-13-11-23(30)12-14-24)18-22-10-15-25(26(17-22)34-5-2)35-19-21-8-6-20(3)7-9-21/h6-15,17-18H,4-5,16,19H2,1-3H3/b27-18-,31-29?. The Morgan fingerprint density at radius 1 is 0.972 bits per heavy atom. The zero-order chi connectivity index (χ0) is 25.5. The van der Waals surface area contributed by atoms with Gasteiger partial charge >= 0.3 is 0 Å². The molecule has 3 aromatic carbocycles. The number of amides is 1. The van der Waals surface area contributed by atoms with Gasteiger partial charge in [0.1, 0.15) is 6.61 Å². The van der Waals surface area contributed by atoms with Crippen molar-refractivity contribution in [2.75, 3.05) is 13.2 Å². The highest BCUT2D eigenvalue weighted by molar-refractivity contribution is 8.18. The van der Waals surface area contributed by atoms with Gasteiger partial charge in [-0.25, -0.2) is 4.99 Å². The number of halogens is 1. The third kappa shape index (κ3) is 6.50. The molecule has 4 rings (SSSR count). The Bertz CT molecular complexity index is 1270. The molecule has 0 bridgehead atoms. The number of aliphatic imine (C=N–C) groups is 1. The fourth-order valence-electron chi connectivity index (χ4n) is 3.64. The molecule has 0 unspecified atom stereocenters. The normalized spacial score (nSPS) is 15.7. The van der Waals surface area contributed by atoms with Gasteiger partial charge in [-0.05, 0) is 85.6 Å². The molecule has 1 heterocycles. The van der Waals surface area contributed by atoms with E-state index in [1.165, 1.54) is 17.3 Å². The minimum Gasteiger partial charge on any atom is -0.490 e. The van der Waals surface area contributed by atoms with E-state index in [2.05, 4.69) is 31.2 Å². The molecule has 0 N–H and O–H groups in total. The smallest absolute Gasteiger partial charge is 0.266 e. The summed E-state index contributed by atoms with van der Waals surface area (Å²) < 4.78 is 11.9. The van der Waals surface area contributed by atoms with E-state index in [9.17, 15) is 4.79 Å². The van der Waals surface area contributed by atoms with Gasteiger partial charge in [0, 0.05) is 11.6 Å². The van der Waals surface area contributed by atoms with Crippen LogP contribution in [0.4, 0.5) is 5.69 Å². The van der Waals surface area contributed by atoms with Crippen LogP contribution in [0.1, 0.15) is 37.0 Å². The van der Waals surface area contributed by atoms with Crippen molar-refractivity contribution in [3.63, 3.8) is 0 Å². The summed E-state index contributed by atoms with van der Waals surface area (Å²) in [7, 11) is 0. The van der Waals surface area contributed by atoms with Crippen molar-refractivity contribution in [1.29, 1.82) is 0 Å². The van der Waals surface area contributed by atoms with Gasteiger partial charge < -0.3 is 9.47 Å². The maximum absolute atomic E-state index is 13.2. The van der Waals surface area contributed by atoms with Crippen LogP contribution in [0.3, 0.4) is 0 Å². The molecule has 7 heteroatoms. The number of rotatable bonds is 9. The number of hydrogen-bond acceptors (Lipinski definition) is 5. The van der Waals surface area contributed by atoms with Crippen LogP contribution in [-0.2, 0) is 11.4 Å². The van der Waals surface area contributed by atoms with Crippen molar-refractivity contribution in [2.45, 2.75) is 33.8 Å². The van der Waals surface area contributed by atoms with Crippen LogP contribution in [0.15, 0.2) is 76.6 Å². The second-order valence-electron chi connectivity index (χ2n) is 8.35. The highest BCUT2D eigenvalue weighted by atomic mass is 35.5. The maximum Gasteiger partial charge on any atom is 0.266 e. The molecule has 0 radical (unpaired) electrons. The third-order valence-corrected chi connectivity index (χ3v) is 6.73. The first-order valence-electron chi connectivity index (χ1n) is 12.0. The molecular formula is C29H29ClN2O3S. The minimum atomic E-state index is -0.0489. The topological polar surface area (TPSA) is 51.1 Å². The first-order valence-corrected chi connectivity index (χ1v) is 13.2. The van der Waals surface area contributed by atoms with Crippen molar-refractivity contribution in [1.82, 2.24) is 4.90 Å². The highest BCUT2D eigenvalue weighted by Crippen LogP contribution is 2.36. The van der Waals surface area contributed by atoms with Crippen LogP contribution in [0, 0.1) is 6.92 Å². The SMILES string of the molecule is CCCN1C(=O)/C(=C/c2ccc(OCc3ccc(C)cc3)c(OCC)c2)SC1=Nc1ccc(Cl)cc1. The third-order valence-electron chi connectivity index (χ3n) is 5.47. The van der Waals surface area contributed by atoms with Gasteiger partial charge in [-0.15, -0.1) is 0 Å². The molecule has 0 atom stereocenters. The molecule has 1 fully saturated rings. The van der Waals surface area contributed by atoms with Crippen molar-refractivity contribution in [2.24, 2.45) is 4.99 Å². The van der Waals surface area contributed by atoms with Gasteiger partial charge in [-0.1, -0.05) is 54.4 Å². The lowest BCUT2D eigenvalue weighted by Gasteiger charge is -2.14. The Morgan fingerprint density at radius 3 is 2.42 bits per heavy atom. The van der Waals surface area contributed by atoms with Gasteiger partial charge in [-0.3, -0.25) is 9.69 Å². The predicted molar refractivity (Wildman–Crippen MR) is 149 cm³/mol. The summed E-state index contributed by atoms with van der Waals surface area (Å²) in [5, 5.41) is 1.31. The number of carbonyl (C=O) groups is 1. The zero-order valence-corrected chi connectivity index (χ0v) is 22.2. The number of nitrogens with zero attached hydrogens (tertiary/aromatic N) is 2. The monoisotopic (exact) mass is 520 g/mol. The largest absolute Gasteiger partial charge is 0.490 e. The lowest BCUT2D eigenvalue weighted by Crippen LogP contribution is -2.29. The average molecular weight is 521 g/mol. The molecule has 1 aliphatic rings. The second kappa shape index (κ2) is 12.2. The number of benzene rings is 3. The number of thioether (sulfide) groups is 1. The Morgan fingerprint density at radius 2 is 1.72 bits per heavy atom. The molecule has 0 spiro atoms. The zero-order valence-electron chi connectivity index (χ0n) is 20.7. The van der Waals surface area contributed by atoms with E-state index < -0.39 is 0 Å². The Kier molecular flexibility index (Phi) is 8.73. The van der Waals surface area contributed by atoms with E-state index in [1.54, 1.807) is 17.0 Å². The molecule has 5 nitrogen and oxygen atoms in total. The van der Waals surface area contributed by atoms with E-state index in [0.717, 1.165) is 23.2 Å². The van der Waals surface area contributed by atoms with Crippen LogP contribution in [0.2, 0.25) is 5.02 Å². The van der Waals surface area contributed by atoms with Crippen molar-refractivity contribution < 1.29 is 14.3 Å². The molecular weight excluding hydrogens is 492 g/mol. The van der Waals surface area contributed by atoms with Gasteiger partial charge in [0.05, 0.1) is 17.2 Å². The van der Waals surface area contributed by atoms with Gasteiger partial charge in [-0.2, -0.15) is 0 Å². The molecule has 36 heavy (non-hydrogen) atoms. The van der Waals surface area contributed by atoms with E-state index in [0.29, 0.717) is 46.4 Å². The lowest BCUT2D eigenvalue weighted by atomic mass is 10.1. The Labute approximate surface area is 221 Å². The minimum absolute atomic E-state index is 0.0489. The van der Waals surface area contributed by atoms with Gasteiger partial charge in [0.25, 0.3) is 5.91 Å². The van der Waals surface area contributed by atoms with Crippen LogP contribution >= 0.6 is 23.4 Å². The van der Waals surface area contributed by atoms with E-state index >= 15 is 0 Å². The van der Waals surface area contributed by atoms with Crippen molar-refractivity contribution in [3.8, 4) is 11.5 Å². The Balaban J connectivity index is 1.56. The molecule has 1 saturated heterocycles. The van der Waals surface area contributed by atoms with Crippen molar-refractivity contribution in [3.05, 3.63) is 93.3 Å². The molecule has 1 aliphatic heterocycles. The van der Waals surface area contributed by atoms with E-state index in [-0.39, 0.29) is 5.91 Å². The number of aryl methyl sites for hydroxylation is 1. The highest BCUT2D eigenvalue weighted by Gasteiger charge is 2.32. The first-order chi connectivity index (χ1) is 17.5. The summed E-state index contributed by atoms with van der Waals surface area (Å²) >= 11 is 7.37. The van der Waals surface area contributed by atoms with Crippen LogP contribution in [-0.4, -0.2) is 29.1 Å². The number of ether oxygens (including phenoxy) is 2. The van der Waals surface area contributed by atoms with Gasteiger partial charge in [0.15, 0.2) is 16.7 Å². The fourth-order valence-corrected chi connectivity index (χ4v) is 4.79. The average Bonchev–Trinajstić information content (AvgIpc) is 3.15. The fraction of sp³-hybridized carbons (Fsp3) is 0.241. The summed E-state index contributed by atoms with van der Waals surface area (Å²) in [6, 6.07) is 21.3. The summed E-state index contributed by atoms with van der Waals surface area (Å²) in [5.74, 6) is 1.27. The van der Waals surface area contributed by atoms with Crippen molar-refractivity contribution >= 4 is 46.2 Å². The van der Waals surface area contributed by atoms with Crippen LogP contribution < -0.4 is 9.47 Å². The molecule has 3 aromatic rings. The number of hydrogen-bond donors (Lipinski definition) is 0. The summed E-state index contributed by atoms with van der Waals surface area (Å²) in [6.45, 7) is 7.61. The predicted octanol–water partition coefficient (Wildman–Crippen LogP) is 7.64. The van der Waals surface area contributed by atoms with Gasteiger partial charge in [0.2, 0.25) is 0 Å². The lowest BCUT2D eigenvalue weighted by molar-refractivity contribution is -0.122. The molecule has 0 aliphatic carbocycles. The number of carbonyl (C=O) groups excluding carboxylic acids is 1. The van der Waals surface area contributed by atoms with E-state index in [1.807, 2.05) is 50.3 Å².